The quantitative estimate of drug-likeness (QED) is 0.395. The molecule has 4 rings (SSSR count). The highest BCUT2D eigenvalue weighted by molar-refractivity contribution is 9.10. The Kier molecular flexibility index (Phi) is 5.53. The van der Waals surface area contributed by atoms with E-state index >= 15 is 0 Å². The second-order valence-electron chi connectivity index (χ2n) is 6.20. The Bertz CT molecular complexity index is 1120. The molecule has 0 saturated carbocycles. The van der Waals surface area contributed by atoms with Crippen LogP contribution in [0.1, 0.15) is 0 Å². The van der Waals surface area contributed by atoms with Crippen LogP contribution in [0.3, 0.4) is 0 Å². The first-order valence-electron chi connectivity index (χ1n) is 8.96. The molecule has 0 amide bonds. The maximum absolute atomic E-state index is 5.66. The first kappa shape index (κ1) is 19.1. The van der Waals surface area contributed by atoms with Crippen molar-refractivity contribution in [3.63, 3.8) is 0 Å². The van der Waals surface area contributed by atoms with Gasteiger partial charge in [-0.15, -0.1) is 0 Å². The zero-order valence-corrected chi connectivity index (χ0v) is 17.6. The van der Waals surface area contributed by atoms with Crippen LogP contribution in [0, 0.1) is 0 Å². The lowest BCUT2D eigenvalue weighted by molar-refractivity contribution is 0.397. The molecule has 1 aromatic carbocycles. The largest absolute Gasteiger partial charge is 0.496 e. The van der Waals surface area contributed by atoms with Crippen molar-refractivity contribution in [1.82, 2.24) is 15.0 Å². The minimum Gasteiger partial charge on any atom is -0.496 e. The molecule has 0 aliphatic heterocycles. The fraction of sp³-hybridized carbons (Fsp3) is 0.0870. The van der Waals surface area contributed by atoms with E-state index in [1.807, 2.05) is 54.6 Å². The van der Waals surface area contributed by atoms with E-state index < -0.39 is 0 Å². The molecule has 0 radical (unpaired) electrons. The molecule has 29 heavy (non-hydrogen) atoms. The molecule has 4 aromatic rings. The summed E-state index contributed by atoms with van der Waals surface area (Å²) in [5, 5.41) is 0. The molecule has 0 N–H and O–H groups in total. The van der Waals surface area contributed by atoms with Crippen molar-refractivity contribution in [2.24, 2.45) is 0 Å². The van der Waals surface area contributed by atoms with Gasteiger partial charge in [0.2, 0.25) is 0 Å². The molecule has 3 aromatic heterocycles. The summed E-state index contributed by atoms with van der Waals surface area (Å²) in [6.45, 7) is 0. The number of benzene rings is 1. The zero-order valence-electron chi connectivity index (χ0n) is 16.0. The molecule has 0 aliphatic carbocycles. The zero-order chi connectivity index (χ0) is 20.2. The predicted molar refractivity (Wildman–Crippen MR) is 117 cm³/mol. The number of pyridine rings is 3. The van der Waals surface area contributed by atoms with Crippen LogP contribution in [0.25, 0.3) is 33.8 Å². The molecule has 0 aliphatic rings. The van der Waals surface area contributed by atoms with Crippen molar-refractivity contribution in [3.05, 3.63) is 77.7 Å². The molecular formula is C23H18BrN3O2. The number of halogens is 1. The van der Waals surface area contributed by atoms with Crippen molar-refractivity contribution in [2.45, 2.75) is 0 Å². The van der Waals surface area contributed by atoms with E-state index in [0.717, 1.165) is 38.2 Å². The van der Waals surface area contributed by atoms with Gasteiger partial charge in [-0.3, -0.25) is 15.0 Å². The third kappa shape index (κ3) is 3.71. The maximum Gasteiger partial charge on any atom is 0.131 e. The molecule has 0 unspecified atom stereocenters. The Balaban J connectivity index is 1.99. The number of hydrogen-bond acceptors (Lipinski definition) is 5. The highest BCUT2D eigenvalue weighted by atomic mass is 79.9. The van der Waals surface area contributed by atoms with Gasteiger partial charge >= 0.3 is 0 Å². The van der Waals surface area contributed by atoms with Crippen LogP contribution in [0.2, 0.25) is 0 Å². The number of nitrogens with zero attached hydrogens (tertiary/aromatic N) is 3. The Hall–Kier alpha value is -3.25. The van der Waals surface area contributed by atoms with Gasteiger partial charge in [-0.1, -0.05) is 28.1 Å². The Labute approximate surface area is 177 Å². The average Bonchev–Trinajstić information content (AvgIpc) is 2.79. The van der Waals surface area contributed by atoms with Crippen molar-refractivity contribution in [3.8, 4) is 45.3 Å². The minimum absolute atomic E-state index is 0.689. The number of aromatic nitrogens is 3. The summed E-state index contributed by atoms with van der Waals surface area (Å²) in [6.07, 6.45) is 5.29. The van der Waals surface area contributed by atoms with Crippen molar-refractivity contribution < 1.29 is 9.47 Å². The van der Waals surface area contributed by atoms with Gasteiger partial charge in [-0.2, -0.15) is 0 Å². The summed E-state index contributed by atoms with van der Waals surface area (Å²) in [7, 11) is 3.29. The summed E-state index contributed by atoms with van der Waals surface area (Å²) >= 11 is 3.51. The van der Waals surface area contributed by atoms with Gasteiger partial charge in [0.15, 0.2) is 0 Å². The van der Waals surface area contributed by atoms with Crippen LogP contribution >= 0.6 is 15.9 Å². The Morgan fingerprint density at radius 1 is 0.690 bits per heavy atom. The Morgan fingerprint density at radius 2 is 1.31 bits per heavy atom. The van der Waals surface area contributed by atoms with Gasteiger partial charge in [0.1, 0.15) is 11.5 Å². The third-order valence-electron chi connectivity index (χ3n) is 4.52. The molecule has 3 heterocycles. The summed E-state index contributed by atoms with van der Waals surface area (Å²) in [5.74, 6) is 1.38. The number of rotatable bonds is 5. The van der Waals surface area contributed by atoms with E-state index in [-0.39, 0.29) is 0 Å². The number of methoxy groups -OCH3 is 2. The van der Waals surface area contributed by atoms with E-state index in [1.54, 1.807) is 32.8 Å². The fourth-order valence-corrected chi connectivity index (χ4v) is 3.69. The maximum atomic E-state index is 5.66. The molecule has 0 fully saturated rings. The Morgan fingerprint density at radius 3 is 1.93 bits per heavy atom. The summed E-state index contributed by atoms with van der Waals surface area (Å²) in [4.78, 5) is 13.8. The lowest BCUT2D eigenvalue weighted by Crippen LogP contribution is -1.98. The smallest absolute Gasteiger partial charge is 0.131 e. The first-order valence-corrected chi connectivity index (χ1v) is 9.76. The molecule has 0 atom stereocenters. The lowest BCUT2D eigenvalue weighted by Gasteiger charge is -2.17. The molecular weight excluding hydrogens is 430 g/mol. The average molecular weight is 448 g/mol. The second-order valence-corrected chi connectivity index (χ2v) is 7.12. The van der Waals surface area contributed by atoms with Gasteiger partial charge in [0.05, 0.1) is 36.9 Å². The lowest BCUT2D eigenvalue weighted by atomic mass is 9.96. The van der Waals surface area contributed by atoms with Crippen LogP contribution in [-0.2, 0) is 0 Å². The highest BCUT2D eigenvalue weighted by Gasteiger charge is 2.21. The highest BCUT2D eigenvalue weighted by Crippen LogP contribution is 2.45. The third-order valence-corrected chi connectivity index (χ3v) is 4.98. The topological polar surface area (TPSA) is 57.1 Å². The van der Waals surface area contributed by atoms with Crippen LogP contribution in [-0.4, -0.2) is 29.2 Å². The van der Waals surface area contributed by atoms with E-state index in [4.69, 9.17) is 14.5 Å². The van der Waals surface area contributed by atoms with Gasteiger partial charge in [-0.05, 0) is 42.5 Å². The summed E-state index contributed by atoms with van der Waals surface area (Å²) in [6, 6.07) is 17.4. The van der Waals surface area contributed by atoms with E-state index in [9.17, 15) is 0 Å². The van der Waals surface area contributed by atoms with Crippen molar-refractivity contribution in [1.29, 1.82) is 0 Å². The van der Waals surface area contributed by atoms with E-state index in [0.29, 0.717) is 11.5 Å². The van der Waals surface area contributed by atoms with Gasteiger partial charge in [-0.25, -0.2) is 0 Å². The molecule has 5 nitrogen and oxygen atoms in total. The molecule has 0 bridgehead atoms. The SMILES string of the molecule is COc1cc(Br)cc(OC)c1-c1cccnc1-c1cccnc1-c1ccccn1. The van der Waals surface area contributed by atoms with Gasteiger partial charge < -0.3 is 9.47 Å². The van der Waals surface area contributed by atoms with Crippen LogP contribution in [0.4, 0.5) is 0 Å². The predicted octanol–water partition coefficient (Wildman–Crippen LogP) is 5.65. The summed E-state index contributed by atoms with van der Waals surface area (Å²) < 4.78 is 12.2. The fourth-order valence-electron chi connectivity index (χ4n) is 3.27. The standard InChI is InChI=1S/C23H18BrN3O2/c1-28-19-13-15(24)14-20(29-2)21(19)16-7-5-11-26-22(16)17-8-6-12-27-23(17)18-9-3-4-10-25-18/h3-14H,1-2H3. The minimum atomic E-state index is 0.689. The molecule has 6 heteroatoms. The molecule has 144 valence electrons. The normalized spacial score (nSPS) is 10.6. The van der Waals surface area contributed by atoms with Crippen LogP contribution in [0.5, 0.6) is 11.5 Å². The monoisotopic (exact) mass is 447 g/mol. The van der Waals surface area contributed by atoms with Gasteiger partial charge in [0.25, 0.3) is 0 Å². The number of ether oxygens (including phenoxy) is 2. The van der Waals surface area contributed by atoms with Crippen molar-refractivity contribution >= 4 is 15.9 Å². The molecule has 0 saturated heterocycles. The van der Waals surface area contributed by atoms with E-state index in [2.05, 4.69) is 25.9 Å². The second kappa shape index (κ2) is 8.41. The van der Waals surface area contributed by atoms with Crippen LogP contribution in [0.15, 0.2) is 77.7 Å². The van der Waals surface area contributed by atoms with Gasteiger partial charge in [0, 0.05) is 34.2 Å². The summed E-state index contributed by atoms with van der Waals surface area (Å²) in [5.41, 5.74) is 4.93. The number of hydrogen-bond donors (Lipinski definition) is 0. The first-order chi connectivity index (χ1) is 14.2. The van der Waals surface area contributed by atoms with Crippen molar-refractivity contribution in [2.75, 3.05) is 14.2 Å². The molecule has 0 spiro atoms. The van der Waals surface area contributed by atoms with Crippen LogP contribution < -0.4 is 9.47 Å². The van der Waals surface area contributed by atoms with E-state index in [1.165, 1.54) is 0 Å².